The zero-order valence-corrected chi connectivity index (χ0v) is 15.7. The average Bonchev–Trinajstić information content (AvgIpc) is 3.02. The van der Waals surface area contributed by atoms with Gasteiger partial charge in [-0.2, -0.15) is 0 Å². The van der Waals surface area contributed by atoms with Crippen LogP contribution in [0.5, 0.6) is 11.5 Å². The number of aromatic nitrogens is 3. The van der Waals surface area contributed by atoms with Gasteiger partial charge < -0.3 is 9.47 Å². The van der Waals surface area contributed by atoms with Crippen molar-refractivity contribution in [1.29, 1.82) is 0 Å². The van der Waals surface area contributed by atoms with Gasteiger partial charge in [-0.3, -0.25) is 4.57 Å². The van der Waals surface area contributed by atoms with E-state index in [1.165, 1.54) is 17.8 Å². The quantitative estimate of drug-likeness (QED) is 0.571. The van der Waals surface area contributed by atoms with E-state index in [1.807, 2.05) is 24.3 Å². The molecule has 136 valence electrons. The number of para-hydroxylation sites is 1. The Morgan fingerprint density at radius 3 is 2.38 bits per heavy atom. The number of ether oxygens (including phenoxy) is 2. The lowest BCUT2D eigenvalue weighted by Crippen LogP contribution is -2.08. The Hall–Kier alpha value is -2.54. The van der Waals surface area contributed by atoms with Crippen molar-refractivity contribution in [1.82, 2.24) is 14.8 Å². The van der Waals surface area contributed by atoms with Crippen molar-refractivity contribution in [2.24, 2.45) is 0 Å². The first-order chi connectivity index (χ1) is 12.6. The van der Waals surface area contributed by atoms with Crippen LogP contribution in [0.2, 0.25) is 0 Å². The van der Waals surface area contributed by atoms with Crippen LogP contribution in [-0.2, 0) is 6.61 Å². The smallest absolute Gasteiger partial charge is 0.196 e. The summed E-state index contributed by atoms with van der Waals surface area (Å²) < 4.78 is 27.0. The molecule has 0 amide bonds. The molecule has 3 aromatic rings. The maximum Gasteiger partial charge on any atom is 0.196 e. The topological polar surface area (TPSA) is 49.2 Å². The van der Waals surface area contributed by atoms with Crippen molar-refractivity contribution in [3.8, 4) is 17.2 Å². The fraction of sp³-hybridized carbons (Fsp3) is 0.263. The predicted molar refractivity (Wildman–Crippen MR) is 99.6 cm³/mol. The first-order valence-corrected chi connectivity index (χ1v) is 9.09. The second-order valence-electron chi connectivity index (χ2n) is 5.82. The van der Waals surface area contributed by atoms with Crippen LogP contribution in [0.4, 0.5) is 4.39 Å². The molecule has 0 aliphatic heterocycles. The van der Waals surface area contributed by atoms with Gasteiger partial charge in [-0.1, -0.05) is 37.7 Å². The molecule has 0 atom stereocenters. The lowest BCUT2D eigenvalue weighted by atomic mass is 10.3. The van der Waals surface area contributed by atoms with Gasteiger partial charge in [0.15, 0.2) is 11.0 Å². The van der Waals surface area contributed by atoms with Crippen molar-refractivity contribution < 1.29 is 13.9 Å². The summed E-state index contributed by atoms with van der Waals surface area (Å²) in [6.45, 7) is 4.28. The van der Waals surface area contributed by atoms with Crippen LogP contribution in [0.15, 0.2) is 53.7 Å². The molecule has 0 spiro atoms. The van der Waals surface area contributed by atoms with E-state index in [2.05, 4.69) is 24.0 Å². The van der Waals surface area contributed by atoms with E-state index in [0.29, 0.717) is 27.7 Å². The molecule has 5 nitrogen and oxygen atoms in total. The van der Waals surface area contributed by atoms with E-state index < -0.39 is 0 Å². The second-order valence-corrected chi connectivity index (χ2v) is 7.36. The highest BCUT2D eigenvalue weighted by Crippen LogP contribution is 2.27. The third kappa shape index (κ3) is 4.16. The maximum atomic E-state index is 14.4. The summed E-state index contributed by atoms with van der Waals surface area (Å²) in [5.41, 5.74) is 0.411. The summed E-state index contributed by atoms with van der Waals surface area (Å²) in [6, 6.07) is 13.8. The summed E-state index contributed by atoms with van der Waals surface area (Å²) in [5, 5.41) is 9.36. The molecule has 1 aromatic heterocycles. The van der Waals surface area contributed by atoms with E-state index in [0.717, 1.165) is 5.75 Å². The predicted octanol–water partition coefficient (Wildman–Crippen LogP) is 4.49. The van der Waals surface area contributed by atoms with Crippen molar-refractivity contribution in [3.63, 3.8) is 0 Å². The summed E-state index contributed by atoms with van der Waals surface area (Å²) in [5.74, 6) is 1.63. The molecule has 0 aliphatic rings. The van der Waals surface area contributed by atoms with Gasteiger partial charge in [0.05, 0.1) is 12.8 Å². The largest absolute Gasteiger partial charge is 0.497 e. The van der Waals surface area contributed by atoms with Gasteiger partial charge >= 0.3 is 0 Å². The first kappa shape index (κ1) is 18.3. The Balaban J connectivity index is 1.88. The Labute approximate surface area is 156 Å². The molecule has 0 saturated heterocycles. The fourth-order valence-electron chi connectivity index (χ4n) is 2.38. The molecule has 3 rings (SSSR count). The maximum absolute atomic E-state index is 14.4. The Kier molecular flexibility index (Phi) is 5.78. The van der Waals surface area contributed by atoms with E-state index in [-0.39, 0.29) is 12.4 Å². The molecule has 0 radical (unpaired) electrons. The molecule has 0 fully saturated rings. The number of halogens is 1. The van der Waals surface area contributed by atoms with Crippen LogP contribution >= 0.6 is 11.8 Å². The number of hydrogen-bond donors (Lipinski definition) is 0. The van der Waals surface area contributed by atoms with Gasteiger partial charge in [-0.25, -0.2) is 4.39 Å². The highest BCUT2D eigenvalue weighted by atomic mass is 32.2. The first-order valence-electron chi connectivity index (χ1n) is 8.21. The molecule has 1 heterocycles. The van der Waals surface area contributed by atoms with E-state index in [4.69, 9.17) is 9.47 Å². The third-order valence-corrected chi connectivity index (χ3v) is 4.51. The van der Waals surface area contributed by atoms with E-state index >= 15 is 0 Å². The lowest BCUT2D eigenvalue weighted by Gasteiger charge is -2.13. The van der Waals surface area contributed by atoms with Crippen molar-refractivity contribution in [2.45, 2.75) is 30.9 Å². The highest BCUT2D eigenvalue weighted by Gasteiger charge is 2.18. The number of benzene rings is 2. The molecule has 0 saturated carbocycles. The van der Waals surface area contributed by atoms with Crippen LogP contribution in [-0.4, -0.2) is 27.1 Å². The third-order valence-electron chi connectivity index (χ3n) is 3.56. The summed E-state index contributed by atoms with van der Waals surface area (Å²) in [6.07, 6.45) is 0. The zero-order chi connectivity index (χ0) is 18.5. The minimum absolute atomic E-state index is 0.173. The van der Waals surface area contributed by atoms with Gasteiger partial charge in [-0.05, 0) is 36.4 Å². The molecule has 0 bridgehead atoms. The minimum atomic E-state index is -0.330. The number of hydrogen-bond acceptors (Lipinski definition) is 5. The van der Waals surface area contributed by atoms with Crippen LogP contribution in [0.3, 0.4) is 0 Å². The molecular weight excluding hydrogens is 353 g/mol. The molecule has 26 heavy (non-hydrogen) atoms. The lowest BCUT2D eigenvalue weighted by molar-refractivity contribution is 0.292. The van der Waals surface area contributed by atoms with Gasteiger partial charge in [0.1, 0.15) is 23.9 Å². The normalized spacial score (nSPS) is 11.0. The minimum Gasteiger partial charge on any atom is -0.497 e. The average molecular weight is 373 g/mol. The van der Waals surface area contributed by atoms with Crippen LogP contribution < -0.4 is 9.47 Å². The fourth-order valence-corrected chi connectivity index (χ4v) is 3.19. The van der Waals surface area contributed by atoms with Gasteiger partial charge in [0, 0.05) is 5.25 Å². The number of thioether (sulfide) groups is 1. The molecule has 7 heteroatoms. The number of methoxy groups -OCH3 is 1. The van der Waals surface area contributed by atoms with Crippen LogP contribution in [0, 0.1) is 5.82 Å². The summed E-state index contributed by atoms with van der Waals surface area (Å²) in [7, 11) is 1.61. The monoisotopic (exact) mass is 373 g/mol. The number of rotatable bonds is 7. The summed E-state index contributed by atoms with van der Waals surface area (Å²) in [4.78, 5) is 0. The Morgan fingerprint density at radius 2 is 1.73 bits per heavy atom. The zero-order valence-electron chi connectivity index (χ0n) is 14.8. The molecule has 0 unspecified atom stereocenters. The van der Waals surface area contributed by atoms with Gasteiger partial charge in [0.2, 0.25) is 0 Å². The molecule has 2 aromatic carbocycles. The number of nitrogens with zero attached hydrogens (tertiary/aromatic N) is 3. The van der Waals surface area contributed by atoms with E-state index in [1.54, 1.807) is 29.9 Å². The SMILES string of the molecule is COc1ccc(OCc2nnc(SC(C)C)n2-c2ccccc2F)cc1. The molecule has 0 N–H and O–H groups in total. The van der Waals surface area contributed by atoms with Gasteiger partial charge in [-0.15, -0.1) is 10.2 Å². The van der Waals surface area contributed by atoms with Crippen LogP contribution in [0.25, 0.3) is 5.69 Å². The van der Waals surface area contributed by atoms with Crippen LogP contribution in [0.1, 0.15) is 19.7 Å². The van der Waals surface area contributed by atoms with Crippen molar-refractivity contribution in [3.05, 3.63) is 60.2 Å². The van der Waals surface area contributed by atoms with E-state index in [9.17, 15) is 4.39 Å². The molecular formula is C19H20FN3O2S. The van der Waals surface area contributed by atoms with Gasteiger partial charge in [0.25, 0.3) is 0 Å². The standard InChI is InChI=1S/C19H20FN3O2S/c1-13(2)26-19-22-21-18(23(19)17-7-5-4-6-16(17)20)12-25-15-10-8-14(24-3)9-11-15/h4-11,13H,12H2,1-3H3. The van der Waals surface area contributed by atoms with Crippen molar-refractivity contribution in [2.75, 3.05) is 7.11 Å². The second kappa shape index (κ2) is 8.23. The van der Waals surface area contributed by atoms with Crippen molar-refractivity contribution >= 4 is 11.8 Å². The summed E-state index contributed by atoms with van der Waals surface area (Å²) >= 11 is 1.53. The Morgan fingerprint density at radius 1 is 1.04 bits per heavy atom. The Bertz CT molecular complexity index is 865. The highest BCUT2D eigenvalue weighted by molar-refractivity contribution is 7.99. The molecule has 0 aliphatic carbocycles.